The fraction of sp³-hybridized carbons (Fsp3) is 0.522. The summed E-state index contributed by atoms with van der Waals surface area (Å²) in [5.41, 5.74) is 0.839. The molecule has 0 atom stereocenters. The number of hydrogen-bond acceptors (Lipinski definition) is 5. The molecule has 1 heterocycles. The number of carbonyl (C=O) groups excluding carboxylic acids is 1. The molecule has 2 aromatic rings. The van der Waals surface area contributed by atoms with Crippen LogP contribution in [0.2, 0.25) is 6.82 Å². The van der Waals surface area contributed by atoms with Crippen molar-refractivity contribution in [2.24, 2.45) is 5.41 Å². The monoisotopic (exact) mass is 397 g/mol. The van der Waals surface area contributed by atoms with Crippen molar-refractivity contribution in [3.63, 3.8) is 0 Å². The topological polar surface area (TPSA) is 59.0 Å². The molecule has 0 saturated carbocycles. The first kappa shape index (κ1) is 21.7. The highest BCUT2D eigenvalue weighted by Crippen LogP contribution is 2.38. The lowest BCUT2D eigenvalue weighted by molar-refractivity contribution is -0.158. The van der Waals surface area contributed by atoms with E-state index >= 15 is 0 Å². The van der Waals surface area contributed by atoms with Gasteiger partial charge in [0.15, 0.2) is 0 Å². The fourth-order valence-corrected chi connectivity index (χ4v) is 4.44. The van der Waals surface area contributed by atoms with Crippen LogP contribution in [0.1, 0.15) is 38.2 Å². The standard InChI is InChI=1S/C23H32BNO4/c1-4-29-22(26)23(13-15-25(16-14-23)24(2)27)12-6-9-18-7-5-8-19-10-11-20(28-3)17-21(18)19/h5,7-8,10-11,17,27H,4,6,9,12-16H2,1-3H3. The van der Waals surface area contributed by atoms with E-state index in [1.54, 1.807) is 13.9 Å². The molecule has 5 nitrogen and oxygen atoms in total. The molecule has 6 heteroatoms. The third-order valence-electron chi connectivity index (χ3n) is 6.27. The minimum absolute atomic E-state index is 0.0789. The molecule has 1 fully saturated rings. The first-order valence-electron chi connectivity index (χ1n) is 10.6. The lowest BCUT2D eigenvalue weighted by Crippen LogP contribution is -2.49. The molecule has 1 saturated heterocycles. The molecule has 0 spiro atoms. The molecule has 29 heavy (non-hydrogen) atoms. The van der Waals surface area contributed by atoms with Gasteiger partial charge in [-0.15, -0.1) is 0 Å². The summed E-state index contributed by atoms with van der Waals surface area (Å²) in [6, 6.07) is 12.5. The van der Waals surface area contributed by atoms with Crippen LogP contribution in [0.15, 0.2) is 36.4 Å². The second-order valence-corrected chi connectivity index (χ2v) is 8.03. The Morgan fingerprint density at radius 2 is 2.00 bits per heavy atom. The predicted molar refractivity (Wildman–Crippen MR) is 117 cm³/mol. The van der Waals surface area contributed by atoms with Crippen LogP contribution in [0, 0.1) is 5.41 Å². The second-order valence-electron chi connectivity index (χ2n) is 8.03. The maximum absolute atomic E-state index is 12.8. The van der Waals surface area contributed by atoms with Gasteiger partial charge in [-0.2, -0.15) is 0 Å². The zero-order valence-corrected chi connectivity index (χ0v) is 17.8. The number of aryl methyl sites for hydroxylation is 1. The quantitative estimate of drug-likeness (QED) is 0.540. The summed E-state index contributed by atoms with van der Waals surface area (Å²) in [4.78, 5) is 14.8. The van der Waals surface area contributed by atoms with Crippen LogP contribution in [0.3, 0.4) is 0 Å². The van der Waals surface area contributed by atoms with E-state index in [0.717, 1.165) is 50.9 Å². The Bertz CT molecular complexity index is 831. The smallest absolute Gasteiger partial charge is 0.376 e. The molecule has 0 amide bonds. The summed E-state index contributed by atoms with van der Waals surface area (Å²) in [7, 11) is 1.22. The van der Waals surface area contributed by atoms with Crippen molar-refractivity contribution in [2.75, 3.05) is 26.8 Å². The highest BCUT2D eigenvalue weighted by Gasteiger charge is 2.43. The maximum Gasteiger partial charge on any atom is 0.376 e. The fourth-order valence-electron chi connectivity index (χ4n) is 4.44. The third-order valence-corrected chi connectivity index (χ3v) is 6.27. The molecule has 2 aromatic carbocycles. The van der Waals surface area contributed by atoms with Gasteiger partial charge in [0, 0.05) is 0 Å². The number of piperidine rings is 1. The lowest BCUT2D eigenvalue weighted by Gasteiger charge is -2.40. The zero-order valence-electron chi connectivity index (χ0n) is 17.8. The molecule has 3 rings (SSSR count). The van der Waals surface area contributed by atoms with Gasteiger partial charge < -0.3 is 19.3 Å². The van der Waals surface area contributed by atoms with E-state index in [-0.39, 0.29) is 5.97 Å². The van der Waals surface area contributed by atoms with E-state index in [9.17, 15) is 9.82 Å². The largest absolute Gasteiger partial charge is 0.497 e. The van der Waals surface area contributed by atoms with Gasteiger partial charge in [0.05, 0.1) is 19.1 Å². The highest BCUT2D eigenvalue weighted by atomic mass is 16.5. The van der Waals surface area contributed by atoms with Gasteiger partial charge in [-0.1, -0.05) is 24.3 Å². The van der Waals surface area contributed by atoms with Crippen molar-refractivity contribution in [3.8, 4) is 5.75 Å². The number of hydrogen-bond donors (Lipinski definition) is 1. The summed E-state index contributed by atoms with van der Waals surface area (Å²) >= 11 is 0. The Morgan fingerprint density at radius 1 is 1.24 bits per heavy atom. The summed E-state index contributed by atoms with van der Waals surface area (Å²) in [5.74, 6) is 0.781. The zero-order chi connectivity index (χ0) is 20.9. The highest BCUT2D eigenvalue weighted by molar-refractivity contribution is 6.45. The van der Waals surface area contributed by atoms with Crippen LogP contribution >= 0.6 is 0 Å². The lowest BCUT2D eigenvalue weighted by atomic mass is 9.71. The molecule has 1 N–H and O–H groups in total. The van der Waals surface area contributed by atoms with Gasteiger partial charge in [0.25, 0.3) is 0 Å². The van der Waals surface area contributed by atoms with Gasteiger partial charge in [-0.25, -0.2) is 0 Å². The predicted octanol–water partition coefficient (Wildman–Crippen LogP) is 3.93. The van der Waals surface area contributed by atoms with Crippen molar-refractivity contribution in [3.05, 3.63) is 42.0 Å². The Balaban J connectivity index is 1.72. The molecule has 1 aliphatic heterocycles. The second kappa shape index (κ2) is 9.64. The van der Waals surface area contributed by atoms with Crippen LogP contribution in [-0.2, 0) is 16.0 Å². The normalized spacial score (nSPS) is 16.6. The van der Waals surface area contributed by atoms with Gasteiger partial charge >= 0.3 is 13.0 Å². The Morgan fingerprint density at radius 3 is 2.66 bits per heavy atom. The van der Waals surface area contributed by atoms with E-state index in [0.29, 0.717) is 6.61 Å². The van der Waals surface area contributed by atoms with Crippen LogP contribution in [-0.4, -0.2) is 49.7 Å². The van der Waals surface area contributed by atoms with Crippen molar-refractivity contribution < 1.29 is 19.3 Å². The van der Waals surface area contributed by atoms with Gasteiger partial charge in [-0.05, 0) is 87.4 Å². The molecule has 0 radical (unpaired) electrons. The molecule has 0 aromatic heterocycles. The Hall–Kier alpha value is -2.05. The minimum Gasteiger partial charge on any atom is -0.497 e. The van der Waals surface area contributed by atoms with Gasteiger partial charge in [-0.3, -0.25) is 4.79 Å². The van der Waals surface area contributed by atoms with Crippen molar-refractivity contribution in [1.29, 1.82) is 0 Å². The summed E-state index contributed by atoms with van der Waals surface area (Å²) in [6.07, 6.45) is 4.11. The maximum atomic E-state index is 12.8. The summed E-state index contributed by atoms with van der Waals surface area (Å²) in [5, 5.41) is 12.3. The van der Waals surface area contributed by atoms with E-state index in [4.69, 9.17) is 9.47 Å². The first-order chi connectivity index (χ1) is 14.0. The van der Waals surface area contributed by atoms with E-state index in [1.807, 2.05) is 17.8 Å². The van der Waals surface area contributed by atoms with Gasteiger partial charge in [0.2, 0.25) is 0 Å². The molecule has 0 unspecified atom stereocenters. The average molecular weight is 397 g/mol. The van der Waals surface area contributed by atoms with E-state index < -0.39 is 12.5 Å². The number of methoxy groups -OCH3 is 1. The number of carbonyl (C=O) groups is 1. The van der Waals surface area contributed by atoms with Gasteiger partial charge in [0.1, 0.15) is 5.75 Å². The van der Waals surface area contributed by atoms with Crippen LogP contribution in [0.4, 0.5) is 0 Å². The molecule has 0 bridgehead atoms. The first-order valence-corrected chi connectivity index (χ1v) is 10.6. The third kappa shape index (κ3) is 4.93. The van der Waals surface area contributed by atoms with E-state index in [2.05, 4.69) is 30.3 Å². The van der Waals surface area contributed by atoms with Crippen molar-refractivity contribution >= 4 is 23.8 Å². The van der Waals surface area contributed by atoms with Crippen LogP contribution in [0.25, 0.3) is 10.8 Å². The molecule has 1 aliphatic rings. The summed E-state index contributed by atoms with van der Waals surface area (Å²) < 4.78 is 10.8. The number of nitrogens with zero attached hydrogens (tertiary/aromatic N) is 1. The average Bonchev–Trinajstić information content (AvgIpc) is 2.74. The Labute approximate surface area is 174 Å². The molecular weight excluding hydrogens is 365 g/mol. The number of ether oxygens (including phenoxy) is 2. The van der Waals surface area contributed by atoms with Crippen LogP contribution < -0.4 is 4.74 Å². The van der Waals surface area contributed by atoms with Crippen molar-refractivity contribution in [1.82, 2.24) is 4.81 Å². The van der Waals surface area contributed by atoms with Crippen molar-refractivity contribution in [2.45, 2.75) is 45.9 Å². The number of esters is 1. The van der Waals surface area contributed by atoms with Crippen LogP contribution in [0.5, 0.6) is 5.75 Å². The minimum atomic E-state index is -0.471. The molecule has 156 valence electrons. The molecular formula is C23H32BNO4. The molecule has 0 aliphatic carbocycles. The van der Waals surface area contributed by atoms with E-state index in [1.165, 1.54) is 16.3 Å². The summed E-state index contributed by atoms with van der Waals surface area (Å²) in [6.45, 7) is 5.50. The number of benzene rings is 2. The SMILES string of the molecule is CCOC(=O)C1(CCCc2cccc3ccc(OC)cc23)CCN(B(C)O)CC1. The Kier molecular flexibility index (Phi) is 7.20. The number of fused-ring (bicyclic) bond motifs is 1. The number of rotatable bonds is 8.